The van der Waals surface area contributed by atoms with Crippen LogP contribution in [0.3, 0.4) is 0 Å². The normalized spacial score (nSPS) is 11.3. The van der Waals surface area contributed by atoms with E-state index in [0.717, 1.165) is 6.04 Å². The summed E-state index contributed by atoms with van der Waals surface area (Å²) in [4.78, 5) is 2.40. The summed E-state index contributed by atoms with van der Waals surface area (Å²) in [6.07, 6.45) is 2.56. The highest BCUT2D eigenvalue weighted by Crippen LogP contribution is 2.03. The molecule has 0 atom stereocenters. The van der Waals surface area contributed by atoms with Gasteiger partial charge in [-0.05, 0) is 26.4 Å². The second-order valence-corrected chi connectivity index (χ2v) is 2.54. The maximum Gasteiger partial charge on any atom is 0.00868 e. The Hall–Kier alpha value is -0.0400. The smallest absolute Gasteiger partial charge is 0.00868 e. The Bertz CT molecular complexity index is 57.6. The molecule has 0 unspecified atom stereocenters. The van der Waals surface area contributed by atoms with Gasteiger partial charge in [-0.1, -0.05) is 20.8 Å². The summed E-state index contributed by atoms with van der Waals surface area (Å²) in [5.41, 5.74) is 0. The van der Waals surface area contributed by atoms with Gasteiger partial charge in [0, 0.05) is 6.04 Å². The van der Waals surface area contributed by atoms with E-state index in [9.17, 15) is 0 Å². The first-order chi connectivity index (χ1) is 4.26. The van der Waals surface area contributed by atoms with Crippen molar-refractivity contribution in [2.45, 2.75) is 39.7 Å². The molecule has 0 rings (SSSR count). The lowest BCUT2D eigenvalue weighted by Crippen LogP contribution is -2.29. The second kappa shape index (κ2) is 4.80. The monoisotopic (exact) mass is 129 g/mol. The molecular weight excluding hydrogens is 110 g/mol. The van der Waals surface area contributed by atoms with Gasteiger partial charge >= 0.3 is 0 Å². The largest absolute Gasteiger partial charge is 0.304 e. The Labute approximate surface area is 59.1 Å². The summed E-state index contributed by atoms with van der Waals surface area (Å²) in [5.74, 6) is 0. The SMILES string of the molecule is CCC(CC)N(C)CC. The third-order valence-corrected chi connectivity index (χ3v) is 2.06. The van der Waals surface area contributed by atoms with Crippen molar-refractivity contribution in [3.05, 3.63) is 0 Å². The minimum atomic E-state index is 0.801. The van der Waals surface area contributed by atoms with Crippen molar-refractivity contribution in [2.75, 3.05) is 13.6 Å². The molecule has 0 aliphatic heterocycles. The molecule has 1 heteroatoms. The van der Waals surface area contributed by atoms with Crippen molar-refractivity contribution in [2.24, 2.45) is 0 Å². The molecular formula is C8H19N. The zero-order valence-corrected chi connectivity index (χ0v) is 7.15. The summed E-state index contributed by atoms with van der Waals surface area (Å²) >= 11 is 0. The van der Waals surface area contributed by atoms with Crippen molar-refractivity contribution < 1.29 is 0 Å². The highest BCUT2D eigenvalue weighted by atomic mass is 15.1. The van der Waals surface area contributed by atoms with Crippen molar-refractivity contribution in [1.29, 1.82) is 0 Å². The predicted molar refractivity (Wildman–Crippen MR) is 42.7 cm³/mol. The molecule has 0 spiro atoms. The van der Waals surface area contributed by atoms with Crippen LogP contribution in [-0.2, 0) is 0 Å². The minimum Gasteiger partial charge on any atom is -0.304 e. The molecule has 0 aromatic carbocycles. The highest BCUT2D eigenvalue weighted by Gasteiger charge is 2.06. The fourth-order valence-electron chi connectivity index (χ4n) is 1.17. The van der Waals surface area contributed by atoms with Gasteiger partial charge in [-0.25, -0.2) is 0 Å². The van der Waals surface area contributed by atoms with Crippen LogP contribution in [0.4, 0.5) is 0 Å². The number of hydrogen-bond donors (Lipinski definition) is 0. The lowest BCUT2D eigenvalue weighted by Gasteiger charge is -2.23. The molecule has 0 amide bonds. The van der Waals surface area contributed by atoms with Crippen LogP contribution in [0.2, 0.25) is 0 Å². The maximum absolute atomic E-state index is 2.40. The molecule has 56 valence electrons. The Morgan fingerprint density at radius 2 is 1.56 bits per heavy atom. The summed E-state index contributed by atoms with van der Waals surface area (Å²) in [6.45, 7) is 7.88. The lowest BCUT2D eigenvalue weighted by molar-refractivity contribution is 0.241. The summed E-state index contributed by atoms with van der Waals surface area (Å²) in [5, 5.41) is 0. The summed E-state index contributed by atoms with van der Waals surface area (Å²) in [7, 11) is 2.19. The maximum atomic E-state index is 2.40. The van der Waals surface area contributed by atoms with Crippen molar-refractivity contribution in [3.8, 4) is 0 Å². The van der Waals surface area contributed by atoms with Gasteiger partial charge in [0.2, 0.25) is 0 Å². The second-order valence-electron chi connectivity index (χ2n) is 2.54. The van der Waals surface area contributed by atoms with Gasteiger partial charge in [0.1, 0.15) is 0 Å². The Morgan fingerprint density at radius 1 is 1.11 bits per heavy atom. The van der Waals surface area contributed by atoms with Crippen molar-refractivity contribution >= 4 is 0 Å². The number of nitrogens with zero attached hydrogens (tertiary/aromatic N) is 1. The van der Waals surface area contributed by atoms with E-state index in [1.165, 1.54) is 19.4 Å². The molecule has 0 aliphatic rings. The average molecular weight is 129 g/mol. The van der Waals surface area contributed by atoms with Crippen molar-refractivity contribution in [3.63, 3.8) is 0 Å². The Morgan fingerprint density at radius 3 is 1.67 bits per heavy atom. The molecule has 0 fully saturated rings. The predicted octanol–water partition coefficient (Wildman–Crippen LogP) is 2.13. The molecule has 0 saturated carbocycles. The van der Waals surface area contributed by atoms with E-state index >= 15 is 0 Å². The number of rotatable bonds is 4. The van der Waals surface area contributed by atoms with Gasteiger partial charge in [-0.2, -0.15) is 0 Å². The van der Waals surface area contributed by atoms with Crippen molar-refractivity contribution in [1.82, 2.24) is 4.90 Å². The highest BCUT2D eigenvalue weighted by molar-refractivity contribution is 4.62. The molecule has 1 nitrogen and oxygen atoms in total. The molecule has 0 aromatic rings. The van der Waals surface area contributed by atoms with E-state index in [2.05, 4.69) is 32.7 Å². The van der Waals surface area contributed by atoms with E-state index < -0.39 is 0 Å². The molecule has 0 radical (unpaired) electrons. The fraction of sp³-hybridized carbons (Fsp3) is 1.00. The lowest BCUT2D eigenvalue weighted by atomic mass is 10.1. The quantitative estimate of drug-likeness (QED) is 0.562. The first-order valence-electron chi connectivity index (χ1n) is 3.96. The van der Waals surface area contributed by atoms with Crippen LogP contribution in [0, 0.1) is 0 Å². The minimum absolute atomic E-state index is 0.801. The molecule has 0 bridgehead atoms. The van der Waals surface area contributed by atoms with Crippen LogP contribution < -0.4 is 0 Å². The van der Waals surface area contributed by atoms with Crippen LogP contribution in [0.1, 0.15) is 33.6 Å². The Balaban J connectivity index is 3.50. The third kappa shape index (κ3) is 2.85. The zero-order valence-electron chi connectivity index (χ0n) is 7.15. The topological polar surface area (TPSA) is 3.24 Å². The van der Waals surface area contributed by atoms with Crippen LogP contribution in [0.15, 0.2) is 0 Å². The van der Waals surface area contributed by atoms with E-state index in [1.807, 2.05) is 0 Å². The summed E-state index contributed by atoms with van der Waals surface area (Å²) < 4.78 is 0. The molecule has 9 heavy (non-hydrogen) atoms. The summed E-state index contributed by atoms with van der Waals surface area (Å²) in [6, 6.07) is 0.801. The average Bonchev–Trinajstić information content (AvgIpc) is 1.90. The van der Waals surface area contributed by atoms with Crippen LogP contribution in [0.25, 0.3) is 0 Å². The van der Waals surface area contributed by atoms with E-state index in [4.69, 9.17) is 0 Å². The van der Waals surface area contributed by atoms with E-state index in [-0.39, 0.29) is 0 Å². The van der Waals surface area contributed by atoms with Gasteiger partial charge in [-0.3, -0.25) is 0 Å². The van der Waals surface area contributed by atoms with Gasteiger partial charge in [-0.15, -0.1) is 0 Å². The van der Waals surface area contributed by atoms with Gasteiger partial charge < -0.3 is 4.90 Å². The number of hydrogen-bond acceptors (Lipinski definition) is 1. The Kier molecular flexibility index (Phi) is 4.78. The van der Waals surface area contributed by atoms with Gasteiger partial charge in [0.15, 0.2) is 0 Å². The first kappa shape index (κ1) is 8.96. The standard InChI is InChI=1S/C8H19N/c1-5-8(6-2)9(4)7-3/h8H,5-7H2,1-4H3. The zero-order chi connectivity index (χ0) is 7.28. The first-order valence-corrected chi connectivity index (χ1v) is 3.96. The molecule has 0 N–H and O–H groups in total. The molecule has 0 saturated heterocycles. The van der Waals surface area contributed by atoms with Gasteiger partial charge in [0.05, 0.1) is 0 Å². The fourth-order valence-corrected chi connectivity index (χ4v) is 1.17. The third-order valence-electron chi connectivity index (χ3n) is 2.06. The molecule has 0 heterocycles. The van der Waals surface area contributed by atoms with E-state index in [1.54, 1.807) is 0 Å². The molecule has 0 aliphatic carbocycles. The molecule has 0 aromatic heterocycles. The van der Waals surface area contributed by atoms with E-state index in [0.29, 0.717) is 0 Å². The van der Waals surface area contributed by atoms with Crippen LogP contribution in [-0.4, -0.2) is 24.5 Å². The van der Waals surface area contributed by atoms with Crippen LogP contribution >= 0.6 is 0 Å². The van der Waals surface area contributed by atoms with Gasteiger partial charge in [0.25, 0.3) is 0 Å². The van der Waals surface area contributed by atoms with Crippen LogP contribution in [0.5, 0.6) is 0 Å².